The Morgan fingerprint density at radius 3 is 2.08 bits per heavy atom. The van der Waals surface area contributed by atoms with Crippen molar-refractivity contribution in [3.8, 4) is 22.5 Å². The molecule has 0 aliphatic carbocycles. The van der Waals surface area contributed by atoms with Gasteiger partial charge in [0.1, 0.15) is 0 Å². The fourth-order valence-electron chi connectivity index (χ4n) is 5.53. The number of aromatic nitrogens is 2. The fraction of sp³-hybridized carbons (Fsp3) is 0.0286. The minimum Gasteiger partial charge on any atom is -0.317 e. The molecule has 2 heteroatoms. The van der Waals surface area contributed by atoms with Gasteiger partial charge in [-0.05, 0) is 83.6 Å². The predicted molar refractivity (Wildman–Crippen MR) is 158 cm³/mol. The van der Waals surface area contributed by atoms with Crippen LogP contribution >= 0.6 is 0 Å². The van der Waals surface area contributed by atoms with Gasteiger partial charge in [-0.2, -0.15) is 0 Å². The first-order chi connectivity index (χ1) is 18.3. The number of hydrogen-bond acceptors (Lipinski definition) is 0. The molecule has 0 bridgehead atoms. The van der Waals surface area contributed by atoms with E-state index in [-0.39, 0.29) is 0 Å². The Labute approximate surface area is 216 Å². The largest absolute Gasteiger partial charge is 0.317 e. The van der Waals surface area contributed by atoms with Gasteiger partial charge < -0.3 is 9.13 Å². The summed E-state index contributed by atoms with van der Waals surface area (Å²) in [5, 5.41) is 5.02. The van der Waals surface area contributed by atoms with E-state index in [1.54, 1.807) is 0 Å². The highest BCUT2D eigenvalue weighted by molar-refractivity contribution is 6.13. The van der Waals surface area contributed by atoms with Gasteiger partial charge >= 0.3 is 0 Å². The number of allylic oxidation sites excluding steroid dienone is 1. The smallest absolute Gasteiger partial charge is 0.0607 e. The molecule has 0 spiro atoms. The van der Waals surface area contributed by atoms with Crippen molar-refractivity contribution in [1.82, 2.24) is 9.13 Å². The first-order valence-corrected chi connectivity index (χ1v) is 12.7. The second kappa shape index (κ2) is 8.69. The van der Waals surface area contributed by atoms with Crippen LogP contribution in [0.1, 0.15) is 12.5 Å². The summed E-state index contributed by atoms with van der Waals surface area (Å²) in [6.07, 6.45) is 8.56. The first-order valence-electron chi connectivity index (χ1n) is 12.7. The summed E-state index contributed by atoms with van der Waals surface area (Å²) in [5.74, 6) is 0. The van der Waals surface area contributed by atoms with Crippen LogP contribution in [0.3, 0.4) is 0 Å². The molecule has 37 heavy (non-hydrogen) atoms. The Morgan fingerprint density at radius 1 is 0.568 bits per heavy atom. The van der Waals surface area contributed by atoms with Crippen molar-refractivity contribution in [3.63, 3.8) is 0 Å². The van der Waals surface area contributed by atoms with Gasteiger partial charge in [-0.3, -0.25) is 0 Å². The quantitative estimate of drug-likeness (QED) is 0.240. The lowest BCUT2D eigenvalue weighted by Gasteiger charge is -2.13. The Kier molecular flexibility index (Phi) is 5.04. The van der Waals surface area contributed by atoms with Gasteiger partial charge in [0.25, 0.3) is 0 Å². The number of para-hydroxylation sites is 1. The molecule has 0 aliphatic heterocycles. The third-order valence-electron chi connectivity index (χ3n) is 7.25. The van der Waals surface area contributed by atoms with Crippen molar-refractivity contribution in [2.45, 2.75) is 6.92 Å². The molecule has 0 atom stereocenters. The Morgan fingerprint density at radius 2 is 1.27 bits per heavy atom. The first kappa shape index (κ1) is 21.5. The third-order valence-corrected chi connectivity index (χ3v) is 7.25. The van der Waals surface area contributed by atoms with Gasteiger partial charge in [-0.15, -0.1) is 0 Å². The summed E-state index contributed by atoms with van der Waals surface area (Å²) in [4.78, 5) is 0. The average molecular weight is 475 g/mol. The Balaban J connectivity index is 1.34. The number of rotatable bonds is 4. The zero-order valence-corrected chi connectivity index (χ0v) is 20.7. The SMILES string of the molecule is C/C=C/c1ccc2c(ccn2-c2ccc(-c3cc4ccn(-c5ccccc5)c4c4ccccc34)cc2)c1. The highest BCUT2D eigenvalue weighted by atomic mass is 15.0. The Bertz CT molecular complexity index is 1920. The number of benzene rings is 5. The minimum absolute atomic E-state index is 1.16. The van der Waals surface area contributed by atoms with Gasteiger partial charge in [-0.25, -0.2) is 0 Å². The molecule has 176 valence electrons. The highest BCUT2D eigenvalue weighted by Crippen LogP contribution is 2.37. The maximum Gasteiger partial charge on any atom is 0.0607 e. The lowest BCUT2D eigenvalue weighted by atomic mass is 9.96. The van der Waals surface area contributed by atoms with Crippen LogP contribution in [0, 0.1) is 0 Å². The zero-order valence-electron chi connectivity index (χ0n) is 20.7. The van der Waals surface area contributed by atoms with Crippen LogP contribution in [-0.2, 0) is 0 Å². The molecular weight excluding hydrogens is 448 g/mol. The highest BCUT2D eigenvalue weighted by Gasteiger charge is 2.13. The van der Waals surface area contributed by atoms with Gasteiger partial charge in [0.05, 0.1) is 11.0 Å². The van der Waals surface area contributed by atoms with E-state index in [4.69, 9.17) is 0 Å². The van der Waals surface area contributed by atoms with Gasteiger partial charge in [0.15, 0.2) is 0 Å². The molecule has 0 aliphatic rings. The molecule has 0 unspecified atom stereocenters. The zero-order chi connectivity index (χ0) is 24.8. The molecule has 5 aromatic carbocycles. The molecule has 7 aromatic rings. The molecule has 0 radical (unpaired) electrons. The molecule has 0 fully saturated rings. The van der Waals surface area contributed by atoms with Gasteiger partial charge in [-0.1, -0.05) is 72.8 Å². The second-order valence-corrected chi connectivity index (χ2v) is 9.48. The van der Waals surface area contributed by atoms with Crippen LogP contribution in [-0.4, -0.2) is 9.13 Å². The Hall–Kier alpha value is -4.82. The summed E-state index contributed by atoms with van der Waals surface area (Å²) in [7, 11) is 0. The minimum atomic E-state index is 1.16. The van der Waals surface area contributed by atoms with Crippen LogP contribution in [0.2, 0.25) is 0 Å². The van der Waals surface area contributed by atoms with E-state index in [2.05, 4.69) is 156 Å². The summed E-state index contributed by atoms with van der Waals surface area (Å²) in [6.45, 7) is 2.05. The van der Waals surface area contributed by atoms with Crippen molar-refractivity contribution in [2.75, 3.05) is 0 Å². The maximum atomic E-state index is 2.33. The molecule has 2 nitrogen and oxygen atoms in total. The fourth-order valence-corrected chi connectivity index (χ4v) is 5.53. The van der Waals surface area contributed by atoms with Crippen LogP contribution in [0.25, 0.3) is 61.2 Å². The van der Waals surface area contributed by atoms with E-state index in [0.717, 1.165) is 5.69 Å². The summed E-state index contributed by atoms with van der Waals surface area (Å²) < 4.78 is 4.56. The molecule has 0 saturated heterocycles. The number of hydrogen-bond donors (Lipinski definition) is 0. The van der Waals surface area contributed by atoms with Crippen molar-refractivity contribution in [3.05, 3.63) is 139 Å². The van der Waals surface area contributed by atoms with E-state index in [0.29, 0.717) is 0 Å². The summed E-state index contributed by atoms with van der Waals surface area (Å²) in [5.41, 5.74) is 8.52. The summed E-state index contributed by atoms with van der Waals surface area (Å²) in [6, 6.07) is 41.6. The molecule has 0 amide bonds. The average Bonchev–Trinajstić information content (AvgIpc) is 3.58. The maximum absolute atomic E-state index is 2.33. The van der Waals surface area contributed by atoms with Gasteiger partial charge in [0, 0.05) is 39.9 Å². The van der Waals surface area contributed by atoms with E-state index in [9.17, 15) is 0 Å². The number of nitrogens with zero attached hydrogens (tertiary/aromatic N) is 2. The molecule has 0 saturated carbocycles. The standard InChI is InChI=1S/C35H26N2/c1-2-8-25-13-18-34-27(23-25)19-21-36(34)30-16-14-26(15-17-30)33-24-28-20-22-37(29-9-4-3-5-10-29)35(28)32-12-7-6-11-31(32)33/h2-24H,1H3/b8-2+. The predicted octanol–water partition coefficient (Wildman–Crippen LogP) is 9.43. The lowest BCUT2D eigenvalue weighted by Crippen LogP contribution is -1.94. The molecule has 0 N–H and O–H groups in total. The van der Waals surface area contributed by atoms with Crippen LogP contribution in [0.4, 0.5) is 0 Å². The number of fused-ring (bicyclic) bond motifs is 4. The van der Waals surface area contributed by atoms with E-state index >= 15 is 0 Å². The van der Waals surface area contributed by atoms with Crippen LogP contribution in [0.15, 0.2) is 134 Å². The normalized spacial score (nSPS) is 11.8. The van der Waals surface area contributed by atoms with Crippen molar-refractivity contribution in [2.24, 2.45) is 0 Å². The molecular formula is C35H26N2. The molecule has 2 heterocycles. The second-order valence-electron chi connectivity index (χ2n) is 9.48. The molecule has 7 rings (SSSR count). The van der Waals surface area contributed by atoms with Crippen LogP contribution in [0.5, 0.6) is 0 Å². The summed E-state index contributed by atoms with van der Waals surface area (Å²) >= 11 is 0. The van der Waals surface area contributed by atoms with E-state index < -0.39 is 0 Å². The third kappa shape index (κ3) is 3.57. The van der Waals surface area contributed by atoms with Crippen molar-refractivity contribution >= 4 is 38.7 Å². The van der Waals surface area contributed by atoms with Crippen LogP contribution < -0.4 is 0 Å². The van der Waals surface area contributed by atoms with Gasteiger partial charge in [0.2, 0.25) is 0 Å². The van der Waals surface area contributed by atoms with Crippen molar-refractivity contribution < 1.29 is 0 Å². The topological polar surface area (TPSA) is 9.86 Å². The van der Waals surface area contributed by atoms with E-state index in [1.807, 2.05) is 0 Å². The lowest BCUT2D eigenvalue weighted by molar-refractivity contribution is 1.13. The molecule has 2 aromatic heterocycles. The monoisotopic (exact) mass is 474 g/mol. The van der Waals surface area contributed by atoms with Crippen molar-refractivity contribution in [1.29, 1.82) is 0 Å². The van der Waals surface area contributed by atoms with E-state index in [1.165, 1.54) is 55.0 Å².